The highest BCUT2D eigenvalue weighted by Crippen LogP contribution is 2.27. The van der Waals surface area contributed by atoms with E-state index >= 15 is 0 Å². The summed E-state index contributed by atoms with van der Waals surface area (Å²) in [6.45, 7) is 1.89. The molecule has 4 nitrogen and oxygen atoms in total. The van der Waals surface area contributed by atoms with E-state index in [1.807, 2.05) is 0 Å². The van der Waals surface area contributed by atoms with Gasteiger partial charge in [0, 0.05) is 24.4 Å². The van der Waals surface area contributed by atoms with Crippen molar-refractivity contribution in [3.63, 3.8) is 0 Å². The van der Waals surface area contributed by atoms with E-state index in [9.17, 15) is 9.18 Å². The van der Waals surface area contributed by atoms with Gasteiger partial charge in [0.05, 0.1) is 12.1 Å². The van der Waals surface area contributed by atoms with Crippen molar-refractivity contribution in [1.29, 1.82) is 0 Å². The minimum Gasteiger partial charge on any atom is -0.302 e. The molecule has 0 fully saturated rings. The number of carbonyl (C=O) groups excluding carboxylic acids is 1. The van der Waals surface area contributed by atoms with E-state index in [0.717, 1.165) is 30.8 Å². The average Bonchev–Trinajstić information content (AvgIpc) is 2.82. The summed E-state index contributed by atoms with van der Waals surface area (Å²) < 4.78 is 12.8. The summed E-state index contributed by atoms with van der Waals surface area (Å²) in [5, 5.41) is 3.49. The SMILES string of the molecule is CN1CCc2nc(NC(=O)Cc3ccc(F)cc3)sc2C1.Cl. The molecule has 0 atom stereocenters. The molecular formula is C15H17ClFN3OS. The number of amides is 1. The normalized spacial score (nSPS) is 14.1. The van der Waals surface area contributed by atoms with Crippen LogP contribution < -0.4 is 5.32 Å². The summed E-state index contributed by atoms with van der Waals surface area (Å²) in [5.74, 6) is -0.420. The number of hydrogen-bond donors (Lipinski definition) is 1. The molecule has 7 heteroatoms. The molecule has 0 aliphatic carbocycles. The molecular weight excluding hydrogens is 325 g/mol. The summed E-state index contributed by atoms with van der Waals surface area (Å²) in [6.07, 6.45) is 1.15. The van der Waals surface area contributed by atoms with Crippen LogP contribution in [0.25, 0.3) is 0 Å². The number of benzene rings is 1. The number of halogens is 2. The van der Waals surface area contributed by atoms with Gasteiger partial charge in [-0.05, 0) is 24.7 Å². The molecule has 118 valence electrons. The van der Waals surface area contributed by atoms with Gasteiger partial charge in [0.1, 0.15) is 5.82 Å². The zero-order valence-corrected chi connectivity index (χ0v) is 13.8. The van der Waals surface area contributed by atoms with Crippen LogP contribution in [0.15, 0.2) is 24.3 Å². The monoisotopic (exact) mass is 341 g/mol. The number of thiazole rings is 1. The Morgan fingerprint density at radius 3 is 2.86 bits per heavy atom. The first-order chi connectivity index (χ1) is 10.1. The zero-order valence-electron chi connectivity index (χ0n) is 12.1. The maximum absolute atomic E-state index is 12.8. The molecule has 2 heterocycles. The van der Waals surface area contributed by atoms with E-state index in [-0.39, 0.29) is 30.6 Å². The predicted octanol–water partition coefficient (Wildman–Crippen LogP) is 2.87. The number of hydrogen-bond acceptors (Lipinski definition) is 4. The van der Waals surface area contributed by atoms with Crippen LogP contribution in [-0.4, -0.2) is 29.4 Å². The molecule has 0 radical (unpaired) electrons. The van der Waals surface area contributed by atoms with Crippen LogP contribution in [0.2, 0.25) is 0 Å². The average molecular weight is 342 g/mol. The van der Waals surface area contributed by atoms with Gasteiger partial charge in [0.2, 0.25) is 5.91 Å². The summed E-state index contributed by atoms with van der Waals surface area (Å²) >= 11 is 1.54. The van der Waals surface area contributed by atoms with Gasteiger partial charge < -0.3 is 10.2 Å². The Labute approximate surface area is 138 Å². The van der Waals surface area contributed by atoms with Gasteiger partial charge >= 0.3 is 0 Å². The topological polar surface area (TPSA) is 45.2 Å². The lowest BCUT2D eigenvalue weighted by Crippen LogP contribution is -2.25. The van der Waals surface area contributed by atoms with Gasteiger partial charge in [-0.1, -0.05) is 12.1 Å². The van der Waals surface area contributed by atoms with E-state index in [0.29, 0.717) is 5.13 Å². The largest absolute Gasteiger partial charge is 0.302 e. The molecule has 0 bridgehead atoms. The minimum absolute atomic E-state index is 0. The quantitative estimate of drug-likeness (QED) is 0.933. The summed E-state index contributed by atoms with van der Waals surface area (Å²) in [4.78, 5) is 19.9. The highest BCUT2D eigenvalue weighted by molar-refractivity contribution is 7.15. The zero-order chi connectivity index (χ0) is 14.8. The molecule has 1 aromatic heterocycles. The predicted molar refractivity (Wildman–Crippen MR) is 88.1 cm³/mol. The van der Waals surface area contributed by atoms with Crippen molar-refractivity contribution in [2.75, 3.05) is 18.9 Å². The molecule has 22 heavy (non-hydrogen) atoms. The summed E-state index contributed by atoms with van der Waals surface area (Å²) in [5.41, 5.74) is 1.88. The smallest absolute Gasteiger partial charge is 0.230 e. The first-order valence-corrected chi connectivity index (χ1v) is 7.63. The van der Waals surface area contributed by atoms with E-state index < -0.39 is 0 Å². The van der Waals surface area contributed by atoms with E-state index in [1.165, 1.54) is 28.3 Å². The van der Waals surface area contributed by atoms with Gasteiger partial charge in [0.15, 0.2) is 5.13 Å². The number of nitrogens with zero attached hydrogens (tertiary/aromatic N) is 2. The van der Waals surface area contributed by atoms with Crippen LogP contribution in [0.3, 0.4) is 0 Å². The van der Waals surface area contributed by atoms with Gasteiger partial charge in [-0.3, -0.25) is 4.79 Å². The molecule has 0 saturated heterocycles. The van der Waals surface area contributed by atoms with E-state index in [1.54, 1.807) is 12.1 Å². The fourth-order valence-electron chi connectivity index (χ4n) is 2.33. The lowest BCUT2D eigenvalue weighted by atomic mass is 10.1. The van der Waals surface area contributed by atoms with Crippen LogP contribution >= 0.6 is 23.7 Å². The summed E-state index contributed by atoms with van der Waals surface area (Å²) in [7, 11) is 2.08. The second-order valence-electron chi connectivity index (χ2n) is 5.23. The molecule has 3 rings (SSSR count). The van der Waals surface area contributed by atoms with E-state index in [2.05, 4.69) is 22.2 Å². The third-order valence-electron chi connectivity index (χ3n) is 3.45. The number of rotatable bonds is 3. The lowest BCUT2D eigenvalue weighted by Gasteiger charge is -2.20. The molecule has 1 aromatic carbocycles. The van der Waals surface area contributed by atoms with Gasteiger partial charge in [0.25, 0.3) is 0 Å². The number of anilines is 1. The molecule has 1 N–H and O–H groups in total. The molecule has 0 spiro atoms. The number of carbonyl (C=O) groups is 1. The maximum atomic E-state index is 12.8. The van der Waals surface area contributed by atoms with Crippen molar-refractivity contribution in [3.05, 3.63) is 46.2 Å². The standard InChI is InChI=1S/C15H16FN3OS.ClH/c1-19-7-6-12-13(9-19)21-15(17-12)18-14(20)8-10-2-4-11(16)5-3-10;/h2-5H,6-9H2,1H3,(H,17,18,20);1H. The van der Waals surface area contributed by atoms with Crippen molar-refractivity contribution in [3.8, 4) is 0 Å². The second kappa shape index (κ2) is 7.17. The third-order valence-corrected chi connectivity index (χ3v) is 4.44. The van der Waals surface area contributed by atoms with Gasteiger partial charge in [-0.2, -0.15) is 0 Å². The molecule has 2 aromatic rings. The Hall–Kier alpha value is -1.50. The Kier molecular flexibility index (Phi) is 5.50. The second-order valence-corrected chi connectivity index (χ2v) is 6.31. The number of aromatic nitrogens is 1. The number of likely N-dealkylation sites (N-methyl/N-ethyl adjacent to an activating group) is 1. The van der Waals surface area contributed by atoms with Gasteiger partial charge in [-0.25, -0.2) is 9.37 Å². The Morgan fingerprint density at radius 1 is 1.41 bits per heavy atom. The minimum atomic E-state index is -0.295. The van der Waals surface area contributed by atoms with Crippen LogP contribution in [0, 0.1) is 5.82 Å². The first-order valence-electron chi connectivity index (χ1n) is 6.81. The lowest BCUT2D eigenvalue weighted by molar-refractivity contribution is -0.115. The Balaban J connectivity index is 0.00000176. The van der Waals surface area contributed by atoms with Crippen LogP contribution in [0.5, 0.6) is 0 Å². The van der Waals surface area contributed by atoms with Crippen molar-refractivity contribution in [2.24, 2.45) is 0 Å². The van der Waals surface area contributed by atoms with Crippen molar-refractivity contribution < 1.29 is 9.18 Å². The summed E-state index contributed by atoms with van der Waals surface area (Å²) in [6, 6.07) is 5.97. The van der Waals surface area contributed by atoms with Gasteiger partial charge in [-0.15, -0.1) is 23.7 Å². The molecule has 1 aliphatic heterocycles. The molecule has 1 aliphatic rings. The van der Waals surface area contributed by atoms with Crippen molar-refractivity contribution in [2.45, 2.75) is 19.4 Å². The Morgan fingerprint density at radius 2 is 2.14 bits per heavy atom. The molecule has 1 amide bonds. The highest BCUT2D eigenvalue weighted by Gasteiger charge is 2.19. The number of fused-ring (bicyclic) bond motifs is 1. The van der Waals surface area contributed by atoms with E-state index in [4.69, 9.17) is 0 Å². The van der Waals surface area contributed by atoms with Crippen molar-refractivity contribution in [1.82, 2.24) is 9.88 Å². The first kappa shape index (κ1) is 16.9. The van der Waals surface area contributed by atoms with Crippen LogP contribution in [-0.2, 0) is 24.2 Å². The number of nitrogens with one attached hydrogen (secondary N) is 1. The Bertz CT molecular complexity index is 659. The molecule has 0 saturated carbocycles. The third kappa shape index (κ3) is 4.03. The fraction of sp³-hybridized carbons (Fsp3) is 0.333. The van der Waals surface area contributed by atoms with Crippen LogP contribution in [0.1, 0.15) is 16.1 Å². The maximum Gasteiger partial charge on any atom is 0.230 e. The van der Waals surface area contributed by atoms with Crippen LogP contribution in [0.4, 0.5) is 9.52 Å². The highest BCUT2D eigenvalue weighted by atomic mass is 35.5. The van der Waals surface area contributed by atoms with Crippen molar-refractivity contribution >= 4 is 34.8 Å². The molecule has 0 unspecified atom stereocenters. The fourth-order valence-corrected chi connectivity index (χ4v) is 3.43.